The molecule has 2 heteroatoms. The molecule has 1 nitrogen and oxygen atoms in total. The van der Waals surface area contributed by atoms with Crippen molar-refractivity contribution in [1.29, 1.82) is 0 Å². The number of hydrogen-bond donors (Lipinski definition) is 0. The van der Waals surface area contributed by atoms with E-state index in [0.29, 0.717) is 0 Å². The molecule has 0 N–H and O–H groups in total. The summed E-state index contributed by atoms with van der Waals surface area (Å²) in [7, 11) is 0. The highest BCUT2D eigenvalue weighted by atomic mass is 32.1. The van der Waals surface area contributed by atoms with Crippen LogP contribution in [0, 0.1) is 0 Å². The standard InChI is InChI=1S/C42H25NS/c1-2-14-31-29(12-1)30-13-3-4-15-32(30)38-25-27(20-21-33(31)38)26-10-9-11-28(24-26)43-39-18-7-5-16-34(39)36-22-23-37-35-17-6-8-19-40(35)44-42(37)41(36)43/h1-25H. The summed E-state index contributed by atoms with van der Waals surface area (Å²) in [6.45, 7) is 0. The highest BCUT2D eigenvalue weighted by molar-refractivity contribution is 7.26. The van der Waals surface area contributed by atoms with Crippen LogP contribution >= 0.6 is 11.3 Å². The number of hydrogen-bond acceptors (Lipinski definition) is 1. The maximum atomic E-state index is 2.48. The van der Waals surface area contributed by atoms with Gasteiger partial charge in [0.05, 0.1) is 15.7 Å². The van der Waals surface area contributed by atoms with Gasteiger partial charge in [-0.3, -0.25) is 0 Å². The average Bonchev–Trinajstić information content (AvgIpc) is 3.64. The van der Waals surface area contributed by atoms with Crippen LogP contribution in [0.1, 0.15) is 0 Å². The third kappa shape index (κ3) is 3.29. The molecule has 0 saturated heterocycles. The van der Waals surface area contributed by atoms with E-state index in [1.807, 2.05) is 11.3 Å². The fourth-order valence-corrected chi connectivity index (χ4v) is 8.65. The van der Waals surface area contributed by atoms with Gasteiger partial charge in [-0.1, -0.05) is 121 Å². The van der Waals surface area contributed by atoms with Crippen molar-refractivity contribution in [3.8, 4) is 16.8 Å². The van der Waals surface area contributed by atoms with Gasteiger partial charge in [0.15, 0.2) is 0 Å². The minimum Gasteiger partial charge on any atom is -0.308 e. The Kier molecular flexibility index (Phi) is 4.94. The van der Waals surface area contributed by atoms with E-state index in [1.54, 1.807) is 0 Å². The minimum atomic E-state index is 1.18. The monoisotopic (exact) mass is 575 g/mol. The van der Waals surface area contributed by atoms with Crippen LogP contribution in [0.4, 0.5) is 0 Å². The van der Waals surface area contributed by atoms with Crippen molar-refractivity contribution in [1.82, 2.24) is 4.57 Å². The number of rotatable bonds is 2. The zero-order valence-electron chi connectivity index (χ0n) is 23.8. The average molecular weight is 576 g/mol. The minimum absolute atomic E-state index is 1.18. The van der Waals surface area contributed by atoms with E-state index in [2.05, 4.69) is 156 Å². The number of thiophene rings is 1. The zero-order valence-corrected chi connectivity index (χ0v) is 24.6. The normalized spacial score (nSPS) is 12.1. The molecule has 0 saturated carbocycles. The predicted octanol–water partition coefficient (Wildman–Crippen LogP) is 12.3. The smallest absolute Gasteiger partial charge is 0.0719 e. The van der Waals surface area contributed by atoms with Crippen molar-refractivity contribution in [2.45, 2.75) is 0 Å². The van der Waals surface area contributed by atoms with Crippen LogP contribution in [-0.4, -0.2) is 4.57 Å². The lowest BCUT2D eigenvalue weighted by Crippen LogP contribution is -1.94. The Morgan fingerprint density at radius 1 is 0.364 bits per heavy atom. The largest absolute Gasteiger partial charge is 0.308 e. The Bertz CT molecular complexity index is 2740. The summed E-state index contributed by atoms with van der Waals surface area (Å²) in [5, 5.41) is 13.1. The van der Waals surface area contributed by atoms with Gasteiger partial charge in [0, 0.05) is 31.9 Å². The molecule has 0 aliphatic carbocycles. The van der Waals surface area contributed by atoms with E-state index >= 15 is 0 Å². The second-order valence-corrected chi connectivity index (χ2v) is 12.7. The molecule has 0 atom stereocenters. The van der Waals surface area contributed by atoms with Gasteiger partial charge in [-0.25, -0.2) is 0 Å². The number of nitrogens with zero attached hydrogens (tertiary/aromatic N) is 1. The molecular formula is C42H25NS. The number of aromatic nitrogens is 1. The summed E-state index contributed by atoms with van der Waals surface area (Å²) in [6.07, 6.45) is 0. The van der Waals surface area contributed by atoms with Gasteiger partial charge in [0.2, 0.25) is 0 Å². The van der Waals surface area contributed by atoms with E-state index < -0.39 is 0 Å². The van der Waals surface area contributed by atoms with Crippen LogP contribution < -0.4 is 0 Å². The molecule has 0 aliphatic rings. The maximum absolute atomic E-state index is 2.48. The van der Waals surface area contributed by atoms with Crippen molar-refractivity contribution in [2.24, 2.45) is 0 Å². The van der Waals surface area contributed by atoms with E-state index in [-0.39, 0.29) is 0 Å². The molecule has 0 fully saturated rings. The summed E-state index contributed by atoms with van der Waals surface area (Å²) in [5.41, 5.74) is 6.16. The lowest BCUT2D eigenvalue weighted by molar-refractivity contribution is 1.19. The quantitative estimate of drug-likeness (QED) is 0.181. The summed E-state index contributed by atoms with van der Waals surface area (Å²) < 4.78 is 5.15. The Labute approximate surface area is 257 Å². The molecule has 0 unspecified atom stereocenters. The molecule has 10 rings (SSSR count). The third-order valence-electron chi connectivity index (χ3n) is 9.36. The molecule has 10 aromatic rings. The van der Waals surface area contributed by atoms with E-state index in [4.69, 9.17) is 0 Å². The molecule has 0 spiro atoms. The molecule has 0 radical (unpaired) electrons. The molecule has 2 heterocycles. The van der Waals surface area contributed by atoms with E-state index in [1.165, 1.54) is 91.1 Å². The van der Waals surface area contributed by atoms with Gasteiger partial charge in [0.1, 0.15) is 0 Å². The third-order valence-corrected chi connectivity index (χ3v) is 10.6. The van der Waals surface area contributed by atoms with Gasteiger partial charge in [-0.05, 0) is 73.8 Å². The van der Waals surface area contributed by atoms with Crippen LogP contribution in [0.2, 0.25) is 0 Å². The molecule has 204 valence electrons. The molecule has 8 aromatic carbocycles. The summed E-state index contributed by atoms with van der Waals surface area (Å²) in [5.74, 6) is 0. The summed E-state index contributed by atoms with van der Waals surface area (Å²) in [6, 6.07) is 55.9. The Hall–Kier alpha value is -5.44. The van der Waals surface area contributed by atoms with Gasteiger partial charge >= 0.3 is 0 Å². The first-order chi connectivity index (χ1) is 21.8. The van der Waals surface area contributed by atoms with Crippen LogP contribution in [-0.2, 0) is 0 Å². The highest BCUT2D eigenvalue weighted by Crippen LogP contribution is 2.43. The van der Waals surface area contributed by atoms with Gasteiger partial charge in [-0.2, -0.15) is 0 Å². The van der Waals surface area contributed by atoms with Crippen LogP contribution in [0.15, 0.2) is 152 Å². The molecule has 0 bridgehead atoms. The van der Waals surface area contributed by atoms with E-state index in [0.717, 1.165) is 0 Å². The highest BCUT2D eigenvalue weighted by Gasteiger charge is 2.18. The number of benzene rings is 8. The van der Waals surface area contributed by atoms with Crippen LogP contribution in [0.25, 0.3) is 91.1 Å². The molecule has 0 amide bonds. The first-order valence-corrected chi connectivity index (χ1v) is 15.9. The fourth-order valence-electron chi connectivity index (χ4n) is 7.41. The zero-order chi connectivity index (χ0) is 28.8. The second-order valence-electron chi connectivity index (χ2n) is 11.7. The molecule has 2 aromatic heterocycles. The summed E-state index contributed by atoms with van der Waals surface area (Å²) >= 11 is 1.90. The van der Waals surface area contributed by atoms with Crippen molar-refractivity contribution in [3.63, 3.8) is 0 Å². The van der Waals surface area contributed by atoms with Crippen LogP contribution in [0.5, 0.6) is 0 Å². The van der Waals surface area contributed by atoms with Crippen molar-refractivity contribution < 1.29 is 0 Å². The first-order valence-electron chi connectivity index (χ1n) is 15.1. The van der Waals surface area contributed by atoms with Gasteiger partial charge < -0.3 is 4.57 Å². The van der Waals surface area contributed by atoms with E-state index in [9.17, 15) is 0 Å². The topological polar surface area (TPSA) is 4.93 Å². The Morgan fingerprint density at radius 2 is 0.932 bits per heavy atom. The van der Waals surface area contributed by atoms with Crippen molar-refractivity contribution in [3.05, 3.63) is 152 Å². The predicted molar refractivity (Wildman–Crippen MR) is 192 cm³/mol. The molecule has 44 heavy (non-hydrogen) atoms. The first kappa shape index (κ1) is 24.0. The second kappa shape index (κ2) is 9.03. The van der Waals surface area contributed by atoms with Crippen molar-refractivity contribution >= 4 is 85.6 Å². The fraction of sp³-hybridized carbons (Fsp3) is 0. The SMILES string of the molecule is c1cc(-c2ccc3c4ccccc4c4ccccc4c3c2)cc(-n2c3ccccc3c3ccc4c5ccccc5sc4c32)c1. The van der Waals surface area contributed by atoms with Crippen molar-refractivity contribution in [2.75, 3.05) is 0 Å². The van der Waals surface area contributed by atoms with Gasteiger partial charge in [-0.15, -0.1) is 11.3 Å². The summed E-state index contributed by atoms with van der Waals surface area (Å²) in [4.78, 5) is 0. The number of para-hydroxylation sites is 1. The molecule has 0 aliphatic heterocycles. The number of fused-ring (bicyclic) bond motifs is 13. The Morgan fingerprint density at radius 3 is 1.70 bits per heavy atom. The maximum Gasteiger partial charge on any atom is 0.0719 e. The van der Waals surface area contributed by atoms with Gasteiger partial charge in [0.25, 0.3) is 0 Å². The molecular weight excluding hydrogens is 551 g/mol. The van der Waals surface area contributed by atoms with Crippen LogP contribution in [0.3, 0.4) is 0 Å². The lowest BCUT2D eigenvalue weighted by atomic mass is 9.92. The lowest BCUT2D eigenvalue weighted by Gasteiger charge is -2.13. The Balaban J connectivity index is 1.25.